The van der Waals surface area contributed by atoms with Gasteiger partial charge in [-0.15, -0.1) is 0 Å². The minimum Gasteiger partial charge on any atom is -0.398 e. The summed E-state index contributed by atoms with van der Waals surface area (Å²) in [5, 5.41) is 0. The van der Waals surface area contributed by atoms with E-state index >= 15 is 0 Å². The average Bonchev–Trinajstić information content (AvgIpc) is 2.48. The molecular formula is C15H19N5O. The lowest BCUT2D eigenvalue weighted by Crippen LogP contribution is -2.34. The molecule has 0 radical (unpaired) electrons. The lowest BCUT2D eigenvalue weighted by Gasteiger charge is -2.23. The van der Waals surface area contributed by atoms with Gasteiger partial charge < -0.3 is 16.4 Å². The normalized spacial score (nSPS) is 10.3. The molecule has 0 bridgehead atoms. The van der Waals surface area contributed by atoms with E-state index in [2.05, 4.69) is 9.97 Å². The Morgan fingerprint density at radius 1 is 1.29 bits per heavy atom. The molecule has 0 aliphatic carbocycles. The van der Waals surface area contributed by atoms with Crippen LogP contribution in [0.3, 0.4) is 0 Å². The highest BCUT2D eigenvalue weighted by atomic mass is 16.1. The Hall–Kier alpha value is -2.63. The number of carbonyl (C=O) groups excluding carboxylic acids is 1. The van der Waals surface area contributed by atoms with Crippen molar-refractivity contribution in [1.82, 2.24) is 9.97 Å². The molecule has 1 aromatic heterocycles. The van der Waals surface area contributed by atoms with Crippen LogP contribution in [0.4, 0.5) is 11.5 Å². The molecule has 0 aliphatic rings. The first kappa shape index (κ1) is 14.8. The molecule has 0 unspecified atom stereocenters. The Bertz CT molecular complexity index is 629. The molecule has 4 N–H and O–H groups in total. The first-order valence-corrected chi connectivity index (χ1v) is 6.77. The predicted molar refractivity (Wildman–Crippen MR) is 82.5 cm³/mol. The number of aromatic nitrogens is 2. The number of nitrogens with zero attached hydrogens (tertiary/aromatic N) is 3. The van der Waals surface area contributed by atoms with Crippen molar-refractivity contribution in [3.8, 4) is 0 Å². The molecule has 0 fully saturated rings. The largest absolute Gasteiger partial charge is 0.398 e. The fourth-order valence-corrected chi connectivity index (χ4v) is 2.04. The van der Waals surface area contributed by atoms with Gasteiger partial charge in [0.2, 0.25) is 5.91 Å². The van der Waals surface area contributed by atoms with Gasteiger partial charge in [0.15, 0.2) is 0 Å². The van der Waals surface area contributed by atoms with Gasteiger partial charge in [0.05, 0.1) is 6.54 Å². The topological polar surface area (TPSA) is 98.1 Å². The summed E-state index contributed by atoms with van der Waals surface area (Å²) in [7, 11) is 0. The molecule has 1 aromatic carbocycles. The van der Waals surface area contributed by atoms with E-state index in [0.717, 1.165) is 17.7 Å². The van der Waals surface area contributed by atoms with E-state index in [1.54, 1.807) is 4.90 Å². The minimum absolute atomic E-state index is 0.0779. The number of amides is 1. The molecule has 0 spiro atoms. The van der Waals surface area contributed by atoms with E-state index in [-0.39, 0.29) is 6.54 Å². The Labute approximate surface area is 123 Å². The number of nitrogens with two attached hydrogens (primary N) is 2. The third kappa shape index (κ3) is 3.92. The van der Waals surface area contributed by atoms with Crippen LogP contribution in [-0.4, -0.2) is 22.4 Å². The summed E-state index contributed by atoms with van der Waals surface area (Å²) in [6.07, 6.45) is 2.30. The van der Waals surface area contributed by atoms with Gasteiger partial charge in [0.25, 0.3) is 0 Å². The van der Waals surface area contributed by atoms with Crippen LogP contribution >= 0.6 is 0 Å². The quantitative estimate of drug-likeness (QED) is 0.775. The van der Waals surface area contributed by atoms with Crippen molar-refractivity contribution in [3.63, 3.8) is 0 Å². The number of para-hydroxylation sites is 1. The van der Waals surface area contributed by atoms with Crippen molar-refractivity contribution in [2.24, 2.45) is 5.73 Å². The van der Waals surface area contributed by atoms with Crippen LogP contribution in [0.5, 0.6) is 0 Å². The van der Waals surface area contributed by atoms with Gasteiger partial charge in [-0.3, -0.25) is 4.79 Å². The molecular weight excluding hydrogens is 266 g/mol. The molecule has 0 saturated heterocycles. The Kier molecular flexibility index (Phi) is 4.71. The molecule has 0 atom stereocenters. The highest BCUT2D eigenvalue weighted by Crippen LogP contribution is 2.18. The number of nitrogen functional groups attached to an aromatic ring is 1. The van der Waals surface area contributed by atoms with E-state index in [0.29, 0.717) is 18.1 Å². The van der Waals surface area contributed by atoms with Crippen LogP contribution < -0.4 is 16.4 Å². The summed E-state index contributed by atoms with van der Waals surface area (Å²) < 4.78 is 0. The van der Waals surface area contributed by atoms with Crippen molar-refractivity contribution in [1.29, 1.82) is 0 Å². The minimum atomic E-state index is -0.416. The number of carbonyl (C=O) groups is 1. The highest BCUT2D eigenvalue weighted by molar-refractivity contribution is 5.79. The van der Waals surface area contributed by atoms with E-state index in [9.17, 15) is 4.79 Å². The number of hydrogen-bond acceptors (Lipinski definition) is 5. The van der Waals surface area contributed by atoms with Gasteiger partial charge in [-0.1, -0.05) is 25.1 Å². The van der Waals surface area contributed by atoms with Crippen LogP contribution in [0.1, 0.15) is 18.2 Å². The summed E-state index contributed by atoms with van der Waals surface area (Å²) in [6.45, 7) is 2.56. The molecule has 1 amide bonds. The smallest absolute Gasteiger partial charge is 0.237 e. The lowest BCUT2D eigenvalue weighted by atomic mass is 10.1. The van der Waals surface area contributed by atoms with Crippen LogP contribution in [0, 0.1) is 0 Å². The zero-order valence-electron chi connectivity index (χ0n) is 12.0. The number of aryl methyl sites for hydroxylation is 1. The maximum Gasteiger partial charge on any atom is 0.237 e. The second-order valence-corrected chi connectivity index (χ2v) is 4.74. The summed E-state index contributed by atoms with van der Waals surface area (Å²) >= 11 is 0. The summed E-state index contributed by atoms with van der Waals surface area (Å²) in [5.41, 5.74) is 13.8. The Balaban J connectivity index is 2.29. The Morgan fingerprint density at radius 3 is 2.71 bits per heavy atom. The number of hydrogen-bond donors (Lipinski definition) is 2. The molecule has 0 aliphatic heterocycles. The van der Waals surface area contributed by atoms with Gasteiger partial charge in [0.1, 0.15) is 12.1 Å². The predicted octanol–water partition coefficient (Wildman–Crippen LogP) is 1.11. The molecule has 2 rings (SSSR count). The number of anilines is 2. The Morgan fingerprint density at radius 2 is 2.05 bits per heavy atom. The SMILES string of the molecule is CCc1cc(N(CC(N)=O)Cc2ccccc2N)ncn1. The van der Waals surface area contributed by atoms with Crippen molar-refractivity contribution in [3.05, 3.63) is 47.9 Å². The van der Waals surface area contributed by atoms with Gasteiger partial charge >= 0.3 is 0 Å². The monoisotopic (exact) mass is 285 g/mol. The summed E-state index contributed by atoms with van der Waals surface area (Å²) in [4.78, 5) is 21.5. The molecule has 1 heterocycles. The van der Waals surface area contributed by atoms with Crippen LogP contribution in [0.2, 0.25) is 0 Å². The third-order valence-electron chi connectivity index (χ3n) is 3.16. The van der Waals surface area contributed by atoms with Gasteiger partial charge in [-0.05, 0) is 18.1 Å². The van der Waals surface area contributed by atoms with E-state index in [1.165, 1.54) is 6.33 Å². The number of primary amides is 1. The van der Waals surface area contributed by atoms with E-state index in [1.807, 2.05) is 37.3 Å². The van der Waals surface area contributed by atoms with Gasteiger partial charge in [0, 0.05) is 24.0 Å². The maximum absolute atomic E-state index is 11.3. The maximum atomic E-state index is 11.3. The van der Waals surface area contributed by atoms with Crippen molar-refractivity contribution >= 4 is 17.4 Å². The summed E-state index contributed by atoms with van der Waals surface area (Å²) in [5.74, 6) is 0.255. The first-order valence-electron chi connectivity index (χ1n) is 6.77. The van der Waals surface area contributed by atoms with Crippen LogP contribution in [-0.2, 0) is 17.8 Å². The standard InChI is InChI=1S/C15H19N5O/c1-2-12-7-15(19-10-18-12)20(9-14(17)21)8-11-5-3-4-6-13(11)16/h3-7,10H,2,8-9,16H2,1H3,(H2,17,21). The zero-order chi connectivity index (χ0) is 15.2. The fourth-order valence-electron chi connectivity index (χ4n) is 2.04. The van der Waals surface area contributed by atoms with Crippen molar-refractivity contribution in [2.45, 2.75) is 19.9 Å². The molecule has 0 saturated carbocycles. The average molecular weight is 285 g/mol. The molecule has 2 aromatic rings. The number of benzene rings is 1. The van der Waals surface area contributed by atoms with E-state index in [4.69, 9.17) is 11.5 Å². The van der Waals surface area contributed by atoms with E-state index < -0.39 is 5.91 Å². The van der Waals surface area contributed by atoms with Crippen LogP contribution in [0.25, 0.3) is 0 Å². The van der Waals surface area contributed by atoms with Crippen molar-refractivity contribution < 1.29 is 4.79 Å². The van der Waals surface area contributed by atoms with Gasteiger partial charge in [-0.25, -0.2) is 9.97 Å². The van der Waals surface area contributed by atoms with Gasteiger partial charge in [-0.2, -0.15) is 0 Å². The molecule has 6 nitrogen and oxygen atoms in total. The molecule has 21 heavy (non-hydrogen) atoms. The zero-order valence-corrected chi connectivity index (χ0v) is 12.0. The van der Waals surface area contributed by atoms with Crippen molar-refractivity contribution in [2.75, 3.05) is 17.2 Å². The lowest BCUT2D eigenvalue weighted by molar-refractivity contribution is -0.116. The fraction of sp³-hybridized carbons (Fsp3) is 0.267. The second kappa shape index (κ2) is 6.69. The summed E-state index contributed by atoms with van der Waals surface area (Å²) in [6, 6.07) is 9.39. The second-order valence-electron chi connectivity index (χ2n) is 4.74. The third-order valence-corrected chi connectivity index (χ3v) is 3.16. The molecule has 6 heteroatoms. The first-order chi connectivity index (χ1) is 10.1. The highest BCUT2D eigenvalue weighted by Gasteiger charge is 2.13. The van der Waals surface area contributed by atoms with Crippen LogP contribution in [0.15, 0.2) is 36.7 Å². The molecule has 110 valence electrons. The number of rotatable bonds is 6.